The molecule has 22 heavy (non-hydrogen) atoms. The molecule has 3 aliphatic heterocycles. The number of nitro groups is 1. The first-order valence-electron chi connectivity index (χ1n) is 6.92. The number of ether oxygens (including phenoxy) is 1. The van der Waals surface area contributed by atoms with E-state index in [2.05, 4.69) is 0 Å². The molecule has 0 N–H and O–H groups in total. The molecule has 0 unspecified atom stereocenters. The minimum atomic E-state index is -0.766. The average molecular weight is 300 g/mol. The van der Waals surface area contributed by atoms with Crippen molar-refractivity contribution in [2.45, 2.75) is 18.6 Å². The van der Waals surface area contributed by atoms with Gasteiger partial charge in [0, 0.05) is 12.1 Å². The number of nitro benzene ring substituents is 1. The van der Waals surface area contributed by atoms with Crippen molar-refractivity contribution in [3.8, 4) is 0 Å². The van der Waals surface area contributed by atoms with Gasteiger partial charge in [0.05, 0.1) is 34.2 Å². The smallest absolute Gasteiger partial charge is 0.271 e. The van der Waals surface area contributed by atoms with E-state index in [0.717, 1.165) is 4.90 Å². The second-order valence-electron chi connectivity index (χ2n) is 5.92. The van der Waals surface area contributed by atoms with Crippen molar-refractivity contribution in [3.05, 3.63) is 46.5 Å². The van der Waals surface area contributed by atoms with Gasteiger partial charge in [-0.05, 0) is 13.0 Å². The van der Waals surface area contributed by atoms with Gasteiger partial charge in [0.1, 0.15) is 0 Å². The molecule has 1 aromatic carbocycles. The molecule has 7 nitrogen and oxygen atoms in total. The van der Waals surface area contributed by atoms with Crippen LogP contribution in [0.2, 0.25) is 0 Å². The molecule has 0 aromatic heterocycles. The minimum absolute atomic E-state index is 0.154. The normalized spacial score (nSPS) is 35.3. The summed E-state index contributed by atoms with van der Waals surface area (Å²) in [5, 5.41) is 10.9. The Labute approximate surface area is 125 Å². The maximum absolute atomic E-state index is 12.7. The van der Waals surface area contributed by atoms with E-state index in [1.807, 2.05) is 12.2 Å². The van der Waals surface area contributed by atoms with Crippen LogP contribution < -0.4 is 4.90 Å². The monoisotopic (exact) mass is 300 g/mol. The molecule has 0 aliphatic carbocycles. The van der Waals surface area contributed by atoms with E-state index < -0.39 is 28.5 Å². The summed E-state index contributed by atoms with van der Waals surface area (Å²) in [6.45, 7) is 1.79. The van der Waals surface area contributed by atoms with E-state index in [1.54, 1.807) is 6.92 Å². The lowest BCUT2D eigenvalue weighted by molar-refractivity contribution is -0.384. The van der Waals surface area contributed by atoms with E-state index in [4.69, 9.17) is 4.74 Å². The van der Waals surface area contributed by atoms with Gasteiger partial charge in [-0.15, -0.1) is 0 Å². The van der Waals surface area contributed by atoms with Crippen LogP contribution in [0.3, 0.4) is 0 Å². The number of rotatable bonds is 2. The van der Waals surface area contributed by atoms with E-state index in [9.17, 15) is 19.7 Å². The summed E-state index contributed by atoms with van der Waals surface area (Å²) in [5.74, 6) is -1.81. The number of non-ortho nitro benzene ring substituents is 1. The Balaban J connectivity index is 1.77. The van der Waals surface area contributed by atoms with Gasteiger partial charge in [-0.3, -0.25) is 19.7 Å². The zero-order chi connectivity index (χ0) is 15.6. The predicted octanol–water partition coefficient (Wildman–Crippen LogP) is 1.43. The van der Waals surface area contributed by atoms with E-state index >= 15 is 0 Å². The Bertz CT molecular complexity index is 758. The summed E-state index contributed by atoms with van der Waals surface area (Å²) in [5.41, 5.74) is -0.683. The molecule has 4 atom stereocenters. The Morgan fingerprint density at radius 2 is 2.09 bits per heavy atom. The second-order valence-corrected chi connectivity index (χ2v) is 5.92. The number of benzene rings is 1. The topological polar surface area (TPSA) is 89.8 Å². The maximum atomic E-state index is 12.7. The highest BCUT2D eigenvalue weighted by molar-refractivity contribution is 6.23. The molecule has 0 saturated carbocycles. The summed E-state index contributed by atoms with van der Waals surface area (Å²) in [6, 6.07) is 5.57. The van der Waals surface area contributed by atoms with Gasteiger partial charge in [-0.25, -0.2) is 4.90 Å². The molecule has 0 spiro atoms. The van der Waals surface area contributed by atoms with Gasteiger partial charge in [0.25, 0.3) is 5.69 Å². The van der Waals surface area contributed by atoms with Crippen LogP contribution in [-0.4, -0.2) is 28.4 Å². The molecule has 3 heterocycles. The first-order valence-corrected chi connectivity index (χ1v) is 6.92. The van der Waals surface area contributed by atoms with E-state index in [0.29, 0.717) is 0 Å². The fraction of sp³-hybridized carbons (Fsp3) is 0.333. The quantitative estimate of drug-likeness (QED) is 0.357. The number of hydrogen-bond donors (Lipinski definition) is 0. The van der Waals surface area contributed by atoms with Crippen LogP contribution in [0.4, 0.5) is 11.4 Å². The van der Waals surface area contributed by atoms with Gasteiger partial charge in [-0.2, -0.15) is 0 Å². The first-order chi connectivity index (χ1) is 10.4. The molecule has 0 radical (unpaired) electrons. The number of amides is 2. The minimum Gasteiger partial charge on any atom is -0.362 e. The zero-order valence-corrected chi connectivity index (χ0v) is 11.6. The lowest BCUT2D eigenvalue weighted by atomic mass is 9.78. The summed E-state index contributed by atoms with van der Waals surface area (Å²) in [4.78, 5) is 36.7. The highest BCUT2D eigenvalue weighted by atomic mass is 16.6. The Morgan fingerprint density at radius 1 is 1.32 bits per heavy atom. The van der Waals surface area contributed by atoms with Crippen LogP contribution >= 0.6 is 0 Å². The number of carbonyl (C=O) groups excluding carboxylic acids is 2. The molecular weight excluding hydrogens is 288 g/mol. The third-order valence-corrected chi connectivity index (χ3v) is 4.63. The molecule has 112 valence electrons. The van der Waals surface area contributed by atoms with Crippen molar-refractivity contribution in [1.82, 2.24) is 0 Å². The lowest BCUT2D eigenvalue weighted by Gasteiger charge is -2.24. The second kappa shape index (κ2) is 4.01. The van der Waals surface area contributed by atoms with Gasteiger partial charge in [0.15, 0.2) is 0 Å². The van der Waals surface area contributed by atoms with Crippen LogP contribution in [0.25, 0.3) is 0 Å². The first kappa shape index (κ1) is 13.1. The van der Waals surface area contributed by atoms with Crippen LogP contribution in [-0.2, 0) is 14.3 Å². The Morgan fingerprint density at radius 3 is 2.77 bits per heavy atom. The maximum Gasteiger partial charge on any atom is 0.271 e. The molecule has 1 aromatic rings. The number of fused-ring (bicyclic) bond motifs is 5. The number of nitrogens with zero attached hydrogens (tertiary/aromatic N) is 2. The fourth-order valence-corrected chi connectivity index (χ4v) is 3.65. The SMILES string of the molecule is C[C@@]12C=C[C@H](O1)[C@@H]1C(=O)N(c3cccc([N+](=O)[O-])c3)C(=O)[C@@H]12. The molecule has 2 bridgehead atoms. The summed E-state index contributed by atoms with van der Waals surface area (Å²) in [7, 11) is 0. The molecule has 2 fully saturated rings. The van der Waals surface area contributed by atoms with E-state index in [-0.39, 0.29) is 23.2 Å². The highest BCUT2D eigenvalue weighted by Crippen LogP contribution is 2.52. The molecular formula is C15H12N2O5. The van der Waals surface area contributed by atoms with Gasteiger partial charge in [0.2, 0.25) is 11.8 Å². The summed E-state index contributed by atoms with van der Waals surface area (Å²) >= 11 is 0. The standard InChI is InChI=1S/C15H12N2O5/c1-15-6-5-10(22-15)11-12(15)14(19)16(13(11)18)8-3-2-4-9(7-8)17(20)21/h2-7,10-12H,1H3/t10-,11-,12+,15-/m0/s1. The van der Waals surface area contributed by atoms with Crippen LogP contribution in [0.15, 0.2) is 36.4 Å². The van der Waals surface area contributed by atoms with Crippen molar-refractivity contribution in [2.24, 2.45) is 11.8 Å². The van der Waals surface area contributed by atoms with Crippen LogP contribution in [0.5, 0.6) is 0 Å². The number of carbonyl (C=O) groups is 2. The predicted molar refractivity (Wildman–Crippen MR) is 75.0 cm³/mol. The van der Waals surface area contributed by atoms with E-state index in [1.165, 1.54) is 24.3 Å². The van der Waals surface area contributed by atoms with Crippen molar-refractivity contribution in [3.63, 3.8) is 0 Å². The van der Waals surface area contributed by atoms with Crippen LogP contribution in [0, 0.1) is 22.0 Å². The Kier molecular flexibility index (Phi) is 2.40. The molecule has 7 heteroatoms. The third kappa shape index (κ3) is 1.48. The third-order valence-electron chi connectivity index (χ3n) is 4.63. The van der Waals surface area contributed by atoms with Crippen molar-refractivity contribution < 1.29 is 19.2 Å². The fourth-order valence-electron chi connectivity index (χ4n) is 3.65. The number of hydrogen-bond acceptors (Lipinski definition) is 5. The number of anilines is 1. The highest BCUT2D eigenvalue weighted by Gasteiger charge is 2.66. The van der Waals surface area contributed by atoms with Gasteiger partial charge in [-0.1, -0.05) is 18.2 Å². The average Bonchev–Trinajstić information content (AvgIpc) is 3.08. The number of imide groups is 1. The van der Waals surface area contributed by atoms with Gasteiger partial charge < -0.3 is 4.74 Å². The summed E-state index contributed by atoms with van der Waals surface area (Å²) < 4.78 is 5.73. The molecule has 4 rings (SSSR count). The van der Waals surface area contributed by atoms with Crippen molar-refractivity contribution in [2.75, 3.05) is 4.90 Å². The van der Waals surface area contributed by atoms with Crippen LogP contribution in [0.1, 0.15) is 6.92 Å². The lowest BCUT2D eigenvalue weighted by Crippen LogP contribution is -2.38. The Hall–Kier alpha value is -2.54. The summed E-state index contributed by atoms with van der Waals surface area (Å²) in [6.07, 6.45) is 3.24. The molecule has 2 amide bonds. The zero-order valence-electron chi connectivity index (χ0n) is 11.6. The largest absolute Gasteiger partial charge is 0.362 e. The molecule has 3 aliphatic rings. The van der Waals surface area contributed by atoms with Crippen molar-refractivity contribution in [1.29, 1.82) is 0 Å². The van der Waals surface area contributed by atoms with Crippen molar-refractivity contribution >= 4 is 23.2 Å². The molecule has 2 saturated heterocycles. The van der Waals surface area contributed by atoms with Gasteiger partial charge >= 0.3 is 0 Å².